The molecule has 5 rings (SSSR count). The molecule has 0 aliphatic carbocycles. The third-order valence-electron chi connectivity index (χ3n) is 6.88. The molecule has 3 aromatic carbocycles. The smallest absolute Gasteiger partial charge is 0.416 e. The van der Waals surface area contributed by atoms with Gasteiger partial charge in [-0.05, 0) is 53.6 Å². The van der Waals surface area contributed by atoms with Gasteiger partial charge in [-0.1, -0.05) is 24.3 Å². The Morgan fingerprint density at radius 2 is 1.85 bits per heavy atom. The molecule has 0 bridgehead atoms. The molecule has 1 saturated heterocycles. The van der Waals surface area contributed by atoms with Crippen molar-refractivity contribution in [3.05, 3.63) is 94.6 Å². The van der Waals surface area contributed by atoms with E-state index in [0.29, 0.717) is 41.5 Å². The molecule has 1 N–H and O–H groups in total. The number of anilines is 1. The van der Waals surface area contributed by atoms with Gasteiger partial charge in [0.15, 0.2) is 0 Å². The highest BCUT2D eigenvalue weighted by Crippen LogP contribution is 2.42. The van der Waals surface area contributed by atoms with Gasteiger partial charge in [-0.2, -0.15) is 13.2 Å². The first-order valence-corrected chi connectivity index (χ1v) is 12.2. The normalized spacial score (nSPS) is 18.6. The fraction of sp³-hybridized carbons (Fsp3) is 0.241. The number of nitrogens with zero attached hydrogens (tertiary/aromatic N) is 2. The maximum atomic E-state index is 13.4. The first-order valence-electron chi connectivity index (χ1n) is 12.2. The minimum Gasteiger partial charge on any atom is -0.507 e. The molecular formula is C29H25F3N2O5. The fourth-order valence-corrected chi connectivity index (χ4v) is 4.90. The molecule has 39 heavy (non-hydrogen) atoms. The Hall–Kier alpha value is -4.47. The largest absolute Gasteiger partial charge is 0.507 e. The molecular weight excluding hydrogens is 513 g/mol. The number of aliphatic hydroxyl groups is 1. The molecule has 0 radical (unpaired) electrons. The van der Waals surface area contributed by atoms with Crippen LogP contribution in [0.2, 0.25) is 0 Å². The Morgan fingerprint density at radius 1 is 1.08 bits per heavy atom. The standard InChI is InChI=1S/C29H25F3N2O5/c1-33-11-12-39-23-10-9-19(15-22(23)33)26(35)24-25(18-6-4-8-21(14-18)38-2)34(28(37)27(24)36)16-17-5-3-7-20(13-17)29(30,31)32/h3-10,13-15,25,35H,11-12,16H2,1-2H3/b26-24-. The van der Waals surface area contributed by atoms with Crippen LogP contribution in [0, 0.1) is 0 Å². The van der Waals surface area contributed by atoms with Crippen molar-refractivity contribution < 1.29 is 37.3 Å². The maximum Gasteiger partial charge on any atom is 0.416 e. The highest BCUT2D eigenvalue weighted by atomic mass is 19.4. The van der Waals surface area contributed by atoms with Gasteiger partial charge in [-0.3, -0.25) is 9.59 Å². The topological polar surface area (TPSA) is 79.3 Å². The average Bonchev–Trinajstić information content (AvgIpc) is 3.17. The summed E-state index contributed by atoms with van der Waals surface area (Å²) in [4.78, 5) is 29.8. The van der Waals surface area contributed by atoms with E-state index in [9.17, 15) is 27.9 Å². The van der Waals surface area contributed by atoms with Crippen molar-refractivity contribution in [2.75, 3.05) is 32.2 Å². The molecule has 10 heteroatoms. The van der Waals surface area contributed by atoms with Gasteiger partial charge in [-0.25, -0.2) is 0 Å². The van der Waals surface area contributed by atoms with Crippen molar-refractivity contribution in [3.63, 3.8) is 0 Å². The number of benzene rings is 3. The zero-order valence-corrected chi connectivity index (χ0v) is 21.2. The molecule has 2 aliphatic rings. The van der Waals surface area contributed by atoms with Gasteiger partial charge in [0, 0.05) is 19.2 Å². The lowest BCUT2D eigenvalue weighted by atomic mass is 9.94. The van der Waals surface area contributed by atoms with Crippen LogP contribution >= 0.6 is 0 Å². The lowest BCUT2D eigenvalue weighted by Crippen LogP contribution is -2.29. The maximum absolute atomic E-state index is 13.4. The quantitative estimate of drug-likeness (QED) is 0.275. The lowest BCUT2D eigenvalue weighted by Gasteiger charge is -2.28. The van der Waals surface area contributed by atoms with Gasteiger partial charge in [0.2, 0.25) is 0 Å². The number of carbonyl (C=O) groups excluding carboxylic acids is 2. The van der Waals surface area contributed by atoms with Crippen LogP contribution in [-0.4, -0.2) is 49.0 Å². The van der Waals surface area contributed by atoms with E-state index in [1.165, 1.54) is 24.1 Å². The SMILES string of the molecule is COc1cccc(C2/C(=C(/O)c3ccc4c(c3)N(C)CCO4)C(=O)C(=O)N2Cc2cccc(C(F)(F)F)c2)c1. The lowest BCUT2D eigenvalue weighted by molar-refractivity contribution is -0.140. The van der Waals surface area contributed by atoms with Crippen LogP contribution in [0.25, 0.3) is 5.76 Å². The Labute approximate surface area is 222 Å². The number of amides is 1. The molecule has 0 spiro atoms. The van der Waals surface area contributed by atoms with Crippen LogP contribution in [0.4, 0.5) is 18.9 Å². The summed E-state index contributed by atoms with van der Waals surface area (Å²) >= 11 is 0. The van der Waals surface area contributed by atoms with Crippen molar-refractivity contribution >= 4 is 23.1 Å². The number of likely N-dealkylation sites (tertiary alicyclic amines) is 1. The summed E-state index contributed by atoms with van der Waals surface area (Å²) in [7, 11) is 3.33. The number of ketones is 1. The minimum absolute atomic E-state index is 0.167. The summed E-state index contributed by atoms with van der Waals surface area (Å²) in [5.74, 6) is -1.19. The van der Waals surface area contributed by atoms with Crippen molar-refractivity contribution in [2.24, 2.45) is 0 Å². The Bertz CT molecular complexity index is 1480. The van der Waals surface area contributed by atoms with E-state index in [1.54, 1.807) is 42.5 Å². The second-order valence-electron chi connectivity index (χ2n) is 9.35. The van der Waals surface area contributed by atoms with Gasteiger partial charge < -0.3 is 24.4 Å². The molecule has 7 nitrogen and oxygen atoms in total. The molecule has 1 fully saturated rings. The third kappa shape index (κ3) is 4.89. The highest BCUT2D eigenvalue weighted by Gasteiger charge is 2.46. The zero-order valence-electron chi connectivity index (χ0n) is 21.2. The van der Waals surface area contributed by atoms with Crippen LogP contribution in [-0.2, 0) is 22.3 Å². The van der Waals surface area contributed by atoms with Crippen LogP contribution in [0.15, 0.2) is 72.3 Å². The average molecular weight is 539 g/mol. The Morgan fingerprint density at radius 3 is 2.59 bits per heavy atom. The number of ether oxygens (including phenoxy) is 2. The van der Waals surface area contributed by atoms with Crippen molar-refractivity contribution in [2.45, 2.75) is 18.8 Å². The van der Waals surface area contributed by atoms with E-state index in [-0.39, 0.29) is 17.7 Å². The number of aliphatic hydroxyl groups excluding tert-OH is 1. The van der Waals surface area contributed by atoms with Crippen molar-refractivity contribution in [1.29, 1.82) is 0 Å². The summed E-state index contributed by atoms with van der Waals surface area (Å²) in [6.07, 6.45) is -4.57. The van der Waals surface area contributed by atoms with Crippen molar-refractivity contribution in [1.82, 2.24) is 4.90 Å². The molecule has 2 heterocycles. The molecule has 202 valence electrons. The monoisotopic (exact) mass is 538 g/mol. The summed E-state index contributed by atoms with van der Waals surface area (Å²) in [6, 6.07) is 15.1. The van der Waals surface area contributed by atoms with Gasteiger partial charge in [0.25, 0.3) is 11.7 Å². The van der Waals surface area contributed by atoms with E-state index >= 15 is 0 Å². The van der Waals surface area contributed by atoms with Gasteiger partial charge in [-0.15, -0.1) is 0 Å². The molecule has 3 aromatic rings. The van der Waals surface area contributed by atoms with Crippen molar-refractivity contribution in [3.8, 4) is 11.5 Å². The summed E-state index contributed by atoms with van der Waals surface area (Å²) in [6.45, 7) is 0.849. The molecule has 0 saturated carbocycles. The van der Waals surface area contributed by atoms with E-state index < -0.39 is 35.2 Å². The number of rotatable bonds is 5. The van der Waals surface area contributed by atoms with Crippen LogP contribution in [0.5, 0.6) is 11.5 Å². The van der Waals surface area contributed by atoms with E-state index in [1.807, 2.05) is 11.9 Å². The number of alkyl halides is 3. The molecule has 1 atom stereocenters. The summed E-state index contributed by atoms with van der Waals surface area (Å²) in [5.41, 5.74) is 0.625. The number of methoxy groups -OCH3 is 1. The van der Waals surface area contributed by atoms with Crippen LogP contribution in [0.3, 0.4) is 0 Å². The number of hydrogen-bond acceptors (Lipinski definition) is 6. The Kier molecular flexibility index (Phi) is 6.71. The van der Waals surface area contributed by atoms with E-state index in [2.05, 4.69) is 0 Å². The Balaban J connectivity index is 1.63. The fourth-order valence-electron chi connectivity index (χ4n) is 4.90. The number of halogens is 3. The molecule has 1 amide bonds. The number of Topliss-reactive ketones (excluding diaryl/α,β-unsaturated/α-hetero) is 1. The molecule has 1 unspecified atom stereocenters. The number of hydrogen-bond donors (Lipinski definition) is 1. The highest BCUT2D eigenvalue weighted by molar-refractivity contribution is 6.46. The number of carbonyl (C=O) groups is 2. The third-order valence-corrected chi connectivity index (χ3v) is 6.88. The number of fused-ring (bicyclic) bond motifs is 1. The van der Waals surface area contributed by atoms with Crippen LogP contribution in [0.1, 0.15) is 28.3 Å². The first-order chi connectivity index (χ1) is 18.6. The second kappa shape index (κ2) is 10.0. The summed E-state index contributed by atoms with van der Waals surface area (Å²) in [5, 5.41) is 11.4. The predicted molar refractivity (Wildman–Crippen MR) is 137 cm³/mol. The minimum atomic E-state index is -4.57. The van der Waals surface area contributed by atoms with E-state index in [0.717, 1.165) is 12.1 Å². The zero-order chi connectivity index (χ0) is 27.9. The molecule has 2 aliphatic heterocycles. The van der Waals surface area contributed by atoms with E-state index in [4.69, 9.17) is 9.47 Å². The number of likely N-dealkylation sites (N-methyl/N-ethyl adjacent to an activating group) is 1. The second-order valence-corrected chi connectivity index (χ2v) is 9.35. The van der Waals surface area contributed by atoms with Crippen LogP contribution < -0.4 is 14.4 Å². The summed E-state index contributed by atoms with van der Waals surface area (Å²) < 4.78 is 51.0. The van der Waals surface area contributed by atoms with Gasteiger partial charge in [0.1, 0.15) is 23.9 Å². The predicted octanol–water partition coefficient (Wildman–Crippen LogP) is 5.16. The molecule has 0 aromatic heterocycles. The van der Waals surface area contributed by atoms with Gasteiger partial charge >= 0.3 is 6.18 Å². The van der Waals surface area contributed by atoms with Gasteiger partial charge in [0.05, 0.1) is 36.5 Å². The first kappa shape index (κ1) is 26.1.